The summed E-state index contributed by atoms with van der Waals surface area (Å²) in [6.45, 7) is 0. The first kappa shape index (κ1) is 13.3. The van der Waals surface area contributed by atoms with Gasteiger partial charge in [-0.05, 0) is 70.8 Å². The third-order valence-corrected chi connectivity index (χ3v) is 5.64. The van der Waals surface area contributed by atoms with Crippen molar-refractivity contribution in [3.8, 4) is 0 Å². The Morgan fingerprint density at radius 2 is 2.11 bits per heavy atom. The summed E-state index contributed by atoms with van der Waals surface area (Å²) in [5.41, 5.74) is 9.48. The van der Waals surface area contributed by atoms with E-state index in [0.29, 0.717) is 5.92 Å². The normalized spacial score (nSPS) is 20.0. The van der Waals surface area contributed by atoms with E-state index in [4.69, 9.17) is 5.73 Å². The van der Waals surface area contributed by atoms with E-state index in [9.17, 15) is 0 Å². The molecule has 3 rings (SSSR count). The van der Waals surface area contributed by atoms with Crippen molar-refractivity contribution in [1.82, 2.24) is 0 Å². The third-order valence-electron chi connectivity index (χ3n) is 4.00. The number of hydrogen-bond acceptors (Lipinski definition) is 2. The molecule has 0 spiro atoms. The van der Waals surface area contributed by atoms with Gasteiger partial charge in [-0.15, -0.1) is 11.3 Å². The highest BCUT2D eigenvalue weighted by molar-refractivity contribution is 9.11. The lowest BCUT2D eigenvalue weighted by molar-refractivity contribution is 0.462. The second-order valence-corrected chi connectivity index (χ2v) is 7.82. The summed E-state index contributed by atoms with van der Waals surface area (Å²) >= 11 is 5.32. The van der Waals surface area contributed by atoms with Gasteiger partial charge in [0.05, 0.1) is 3.79 Å². The number of halogens is 1. The molecule has 0 saturated carbocycles. The van der Waals surface area contributed by atoms with Crippen molar-refractivity contribution in [3.63, 3.8) is 0 Å². The van der Waals surface area contributed by atoms with Crippen LogP contribution < -0.4 is 5.73 Å². The van der Waals surface area contributed by atoms with Crippen molar-refractivity contribution in [2.45, 2.75) is 37.6 Å². The summed E-state index contributed by atoms with van der Waals surface area (Å²) in [5, 5.41) is 0. The largest absolute Gasteiger partial charge is 0.327 e. The molecule has 0 fully saturated rings. The molecule has 2 aromatic rings. The number of rotatable bonds is 3. The highest BCUT2D eigenvalue weighted by Gasteiger charge is 2.25. The molecule has 0 bridgehead atoms. The Bertz CT molecular complexity index is 563. The number of benzene rings is 1. The van der Waals surface area contributed by atoms with Crippen molar-refractivity contribution < 1.29 is 0 Å². The average Bonchev–Trinajstić information content (AvgIpc) is 2.83. The molecule has 0 aliphatic heterocycles. The SMILES string of the molecule is NC(Cc1ccc(Br)s1)C1CCCc2ccccc21. The topological polar surface area (TPSA) is 26.0 Å². The van der Waals surface area contributed by atoms with E-state index in [1.807, 2.05) is 0 Å². The van der Waals surface area contributed by atoms with Crippen LogP contribution in [0.5, 0.6) is 0 Å². The fraction of sp³-hybridized carbons (Fsp3) is 0.375. The van der Waals surface area contributed by atoms with Gasteiger partial charge >= 0.3 is 0 Å². The number of thiophene rings is 1. The molecule has 0 amide bonds. The summed E-state index contributed by atoms with van der Waals surface area (Å²) in [6, 6.07) is 13.3. The van der Waals surface area contributed by atoms with Crippen molar-refractivity contribution in [2.75, 3.05) is 0 Å². The Morgan fingerprint density at radius 1 is 1.26 bits per heavy atom. The van der Waals surface area contributed by atoms with Gasteiger partial charge in [0.1, 0.15) is 0 Å². The summed E-state index contributed by atoms with van der Waals surface area (Å²) < 4.78 is 1.19. The molecule has 1 aliphatic rings. The van der Waals surface area contributed by atoms with Crippen LogP contribution in [0.2, 0.25) is 0 Å². The highest BCUT2D eigenvalue weighted by Crippen LogP contribution is 2.35. The molecule has 2 N–H and O–H groups in total. The average molecular weight is 336 g/mol. The molecule has 1 nitrogen and oxygen atoms in total. The van der Waals surface area contributed by atoms with Crippen molar-refractivity contribution >= 4 is 27.3 Å². The van der Waals surface area contributed by atoms with Gasteiger partial charge in [-0.1, -0.05) is 24.3 Å². The van der Waals surface area contributed by atoms with E-state index in [1.165, 1.54) is 39.1 Å². The monoisotopic (exact) mass is 335 g/mol. The van der Waals surface area contributed by atoms with Crippen LogP contribution in [0.3, 0.4) is 0 Å². The fourth-order valence-corrected chi connectivity index (χ4v) is 4.63. The van der Waals surface area contributed by atoms with Crippen LogP contribution >= 0.6 is 27.3 Å². The predicted octanol–water partition coefficient (Wildman–Crippen LogP) is 4.50. The Kier molecular flexibility index (Phi) is 4.06. The Labute approximate surface area is 127 Å². The number of nitrogens with two attached hydrogens (primary N) is 1. The molecule has 2 unspecified atom stereocenters. The van der Waals surface area contributed by atoms with Crippen LogP contribution in [0.15, 0.2) is 40.2 Å². The molecule has 1 heterocycles. The van der Waals surface area contributed by atoms with Crippen LogP contribution in [0.25, 0.3) is 0 Å². The summed E-state index contributed by atoms with van der Waals surface area (Å²) in [6.07, 6.45) is 4.69. The van der Waals surface area contributed by atoms with Gasteiger partial charge in [0, 0.05) is 10.9 Å². The van der Waals surface area contributed by atoms with E-state index in [2.05, 4.69) is 52.3 Å². The van der Waals surface area contributed by atoms with Crippen molar-refractivity contribution in [2.24, 2.45) is 5.73 Å². The first-order valence-electron chi connectivity index (χ1n) is 6.81. The molecule has 0 saturated heterocycles. The third kappa shape index (κ3) is 2.93. The zero-order chi connectivity index (χ0) is 13.2. The zero-order valence-electron chi connectivity index (χ0n) is 10.8. The Morgan fingerprint density at radius 3 is 2.89 bits per heavy atom. The molecular formula is C16H18BrNS. The maximum absolute atomic E-state index is 6.50. The first-order chi connectivity index (χ1) is 9.24. The Balaban J connectivity index is 1.79. The quantitative estimate of drug-likeness (QED) is 0.877. The van der Waals surface area contributed by atoms with E-state index in [-0.39, 0.29) is 6.04 Å². The van der Waals surface area contributed by atoms with Gasteiger partial charge in [-0.3, -0.25) is 0 Å². The minimum Gasteiger partial charge on any atom is -0.327 e. The summed E-state index contributed by atoms with van der Waals surface area (Å²) in [5.74, 6) is 0.519. The van der Waals surface area contributed by atoms with E-state index >= 15 is 0 Å². The molecule has 19 heavy (non-hydrogen) atoms. The number of fused-ring (bicyclic) bond motifs is 1. The van der Waals surface area contributed by atoms with Gasteiger partial charge in [0.25, 0.3) is 0 Å². The molecule has 0 radical (unpaired) electrons. The molecule has 100 valence electrons. The molecule has 1 aromatic carbocycles. The van der Waals surface area contributed by atoms with Crippen LogP contribution in [0.4, 0.5) is 0 Å². The van der Waals surface area contributed by atoms with Gasteiger partial charge in [0.2, 0.25) is 0 Å². The van der Waals surface area contributed by atoms with E-state index in [1.54, 1.807) is 11.3 Å². The predicted molar refractivity (Wildman–Crippen MR) is 85.8 cm³/mol. The number of aryl methyl sites for hydroxylation is 1. The minimum atomic E-state index is 0.229. The van der Waals surface area contributed by atoms with Crippen LogP contribution in [0.1, 0.15) is 34.8 Å². The maximum Gasteiger partial charge on any atom is 0.0701 e. The highest BCUT2D eigenvalue weighted by atomic mass is 79.9. The molecule has 2 atom stereocenters. The Hall–Kier alpha value is -0.640. The lowest BCUT2D eigenvalue weighted by Crippen LogP contribution is -2.32. The second kappa shape index (κ2) is 5.78. The first-order valence-corrected chi connectivity index (χ1v) is 8.42. The van der Waals surface area contributed by atoms with Gasteiger partial charge < -0.3 is 5.73 Å². The zero-order valence-corrected chi connectivity index (χ0v) is 13.2. The van der Waals surface area contributed by atoms with Crippen molar-refractivity contribution in [3.05, 3.63) is 56.2 Å². The van der Waals surface area contributed by atoms with Crippen LogP contribution in [-0.2, 0) is 12.8 Å². The molecule has 3 heteroatoms. The standard InChI is InChI=1S/C16H18BrNS/c17-16-9-8-12(19-16)10-15(18)14-7-3-5-11-4-1-2-6-13(11)14/h1-2,4,6,8-9,14-15H,3,5,7,10,18H2. The van der Waals surface area contributed by atoms with Gasteiger partial charge in [-0.25, -0.2) is 0 Å². The number of hydrogen-bond donors (Lipinski definition) is 1. The fourth-order valence-electron chi connectivity index (χ4n) is 3.07. The minimum absolute atomic E-state index is 0.229. The summed E-state index contributed by atoms with van der Waals surface area (Å²) in [4.78, 5) is 1.38. The van der Waals surface area contributed by atoms with E-state index in [0.717, 1.165) is 6.42 Å². The summed E-state index contributed by atoms with van der Waals surface area (Å²) in [7, 11) is 0. The smallest absolute Gasteiger partial charge is 0.0701 e. The maximum atomic E-state index is 6.50. The second-order valence-electron chi connectivity index (χ2n) is 5.27. The van der Waals surface area contributed by atoms with Gasteiger partial charge in [0.15, 0.2) is 0 Å². The lowest BCUT2D eigenvalue weighted by Gasteiger charge is -2.30. The van der Waals surface area contributed by atoms with Crippen LogP contribution in [0, 0.1) is 0 Å². The molecule has 1 aromatic heterocycles. The van der Waals surface area contributed by atoms with Crippen molar-refractivity contribution in [1.29, 1.82) is 0 Å². The van der Waals surface area contributed by atoms with E-state index < -0.39 is 0 Å². The van der Waals surface area contributed by atoms with Gasteiger partial charge in [-0.2, -0.15) is 0 Å². The molecular weight excluding hydrogens is 318 g/mol. The molecule has 1 aliphatic carbocycles. The van der Waals surface area contributed by atoms with Crippen LogP contribution in [-0.4, -0.2) is 6.04 Å². The lowest BCUT2D eigenvalue weighted by atomic mass is 9.78.